The zero-order valence-electron chi connectivity index (χ0n) is 16.9. The maximum absolute atomic E-state index is 13.2. The Labute approximate surface area is 179 Å². The summed E-state index contributed by atoms with van der Waals surface area (Å²) in [6.45, 7) is 4.52. The molecule has 0 saturated carbocycles. The number of hydrogen-bond acceptors (Lipinski definition) is 6. The molecule has 1 aliphatic rings. The molecule has 30 heavy (non-hydrogen) atoms. The number of amidine groups is 1. The van der Waals surface area contributed by atoms with Crippen molar-refractivity contribution in [2.75, 3.05) is 0 Å². The summed E-state index contributed by atoms with van der Waals surface area (Å²) < 4.78 is 5.44. The van der Waals surface area contributed by atoms with Crippen molar-refractivity contribution in [2.45, 2.75) is 32.1 Å². The molecule has 1 saturated heterocycles. The molecule has 1 fully saturated rings. The number of pyridine rings is 1. The van der Waals surface area contributed by atoms with Gasteiger partial charge in [-0.3, -0.25) is 14.7 Å². The third-order valence-electron chi connectivity index (χ3n) is 4.96. The van der Waals surface area contributed by atoms with Crippen LogP contribution in [-0.4, -0.2) is 32.4 Å². The van der Waals surface area contributed by atoms with Crippen molar-refractivity contribution in [3.63, 3.8) is 0 Å². The van der Waals surface area contributed by atoms with Gasteiger partial charge in [0, 0.05) is 12.4 Å². The first kappa shape index (κ1) is 20.1. The highest BCUT2D eigenvalue weighted by atomic mass is 32.2. The summed E-state index contributed by atoms with van der Waals surface area (Å²) in [6, 6.07) is 13.7. The molecule has 1 amide bonds. The number of carbonyl (C=O) groups excluding carboxylic acids is 1. The molecule has 7 heteroatoms. The van der Waals surface area contributed by atoms with Crippen LogP contribution < -0.4 is 0 Å². The Morgan fingerprint density at radius 3 is 2.73 bits per heavy atom. The highest BCUT2D eigenvalue weighted by Gasteiger charge is 2.38. The molecule has 0 bridgehead atoms. The number of aryl methyl sites for hydroxylation is 2. The van der Waals surface area contributed by atoms with E-state index in [1.54, 1.807) is 29.8 Å². The Kier molecular flexibility index (Phi) is 6.09. The predicted octanol–water partition coefficient (Wildman–Crippen LogP) is 4.37. The Morgan fingerprint density at radius 1 is 1.17 bits per heavy atom. The molecule has 152 valence electrons. The van der Waals surface area contributed by atoms with Crippen molar-refractivity contribution in [1.29, 1.82) is 0 Å². The van der Waals surface area contributed by atoms with Gasteiger partial charge in [-0.1, -0.05) is 30.0 Å². The van der Waals surface area contributed by atoms with Crippen molar-refractivity contribution >= 4 is 29.1 Å². The van der Waals surface area contributed by atoms with Gasteiger partial charge in [0.15, 0.2) is 5.17 Å². The Morgan fingerprint density at radius 2 is 2.00 bits per heavy atom. The van der Waals surface area contributed by atoms with E-state index in [0.29, 0.717) is 23.9 Å². The van der Waals surface area contributed by atoms with Crippen LogP contribution >= 0.6 is 11.8 Å². The first-order valence-electron chi connectivity index (χ1n) is 9.68. The van der Waals surface area contributed by atoms with Crippen LogP contribution in [0.15, 0.2) is 75.7 Å². The molecule has 2 aromatic heterocycles. The van der Waals surface area contributed by atoms with Gasteiger partial charge in [0.2, 0.25) is 5.91 Å². The fourth-order valence-corrected chi connectivity index (χ4v) is 4.29. The number of hydrogen-bond donors (Lipinski definition) is 0. The van der Waals surface area contributed by atoms with Crippen LogP contribution in [-0.2, 0) is 17.8 Å². The van der Waals surface area contributed by atoms with E-state index in [1.165, 1.54) is 22.9 Å². The number of benzene rings is 1. The third kappa shape index (κ3) is 4.68. The minimum Gasteiger partial charge on any atom is -0.467 e. The second-order valence-corrected chi connectivity index (χ2v) is 8.31. The van der Waals surface area contributed by atoms with Gasteiger partial charge >= 0.3 is 0 Å². The van der Waals surface area contributed by atoms with Gasteiger partial charge in [0.1, 0.15) is 5.76 Å². The van der Waals surface area contributed by atoms with Gasteiger partial charge in [-0.05, 0) is 66.8 Å². The molecule has 1 aromatic carbocycles. The summed E-state index contributed by atoms with van der Waals surface area (Å²) >= 11 is 1.45. The molecule has 1 atom stereocenters. The molecule has 1 aliphatic heterocycles. The van der Waals surface area contributed by atoms with Crippen molar-refractivity contribution in [3.8, 4) is 0 Å². The fourth-order valence-electron chi connectivity index (χ4n) is 3.16. The normalized spacial score (nSPS) is 18.1. The summed E-state index contributed by atoms with van der Waals surface area (Å²) in [5.41, 5.74) is 4.51. The van der Waals surface area contributed by atoms with Crippen molar-refractivity contribution < 1.29 is 9.21 Å². The minimum absolute atomic E-state index is 0.0208. The van der Waals surface area contributed by atoms with Gasteiger partial charge in [-0.2, -0.15) is 5.10 Å². The van der Waals surface area contributed by atoms with E-state index >= 15 is 0 Å². The number of furan rings is 1. The van der Waals surface area contributed by atoms with E-state index in [2.05, 4.69) is 47.2 Å². The fraction of sp³-hybridized carbons (Fsp3) is 0.217. The average Bonchev–Trinajstić information content (AvgIpc) is 3.36. The highest BCUT2D eigenvalue weighted by molar-refractivity contribution is 8.15. The number of amides is 1. The van der Waals surface area contributed by atoms with Gasteiger partial charge in [0.05, 0.1) is 24.3 Å². The van der Waals surface area contributed by atoms with E-state index in [0.717, 1.165) is 11.1 Å². The van der Waals surface area contributed by atoms with Gasteiger partial charge in [-0.15, -0.1) is 5.10 Å². The SMILES string of the molecule is Cc1ccc(CC2SC(=NN=Cc3ccncc3)N(Cc3ccco3)C2=O)cc1C. The van der Waals surface area contributed by atoms with Crippen LogP contribution in [0.3, 0.4) is 0 Å². The van der Waals surface area contributed by atoms with Gasteiger partial charge in [0.25, 0.3) is 0 Å². The summed E-state index contributed by atoms with van der Waals surface area (Å²) in [6.07, 6.45) is 7.30. The van der Waals surface area contributed by atoms with Crippen LogP contribution in [0.25, 0.3) is 0 Å². The Balaban J connectivity index is 1.56. The molecule has 0 aliphatic carbocycles. The van der Waals surface area contributed by atoms with E-state index < -0.39 is 0 Å². The average molecular weight is 419 g/mol. The lowest BCUT2D eigenvalue weighted by atomic mass is 10.0. The zero-order chi connectivity index (χ0) is 20.9. The maximum atomic E-state index is 13.2. The third-order valence-corrected chi connectivity index (χ3v) is 6.13. The highest BCUT2D eigenvalue weighted by Crippen LogP contribution is 2.31. The number of rotatable bonds is 6. The molecule has 4 rings (SSSR count). The molecule has 1 unspecified atom stereocenters. The van der Waals surface area contributed by atoms with Crippen LogP contribution in [0.1, 0.15) is 28.0 Å². The van der Waals surface area contributed by atoms with Crippen LogP contribution in [0.2, 0.25) is 0 Å². The lowest BCUT2D eigenvalue weighted by Crippen LogP contribution is -2.32. The van der Waals surface area contributed by atoms with Gasteiger partial charge < -0.3 is 4.42 Å². The molecule has 0 N–H and O–H groups in total. The summed E-state index contributed by atoms with van der Waals surface area (Å²) in [7, 11) is 0. The van der Waals surface area contributed by atoms with E-state index in [-0.39, 0.29) is 11.2 Å². The molecule has 0 spiro atoms. The quantitative estimate of drug-likeness (QED) is 0.440. The second-order valence-electron chi connectivity index (χ2n) is 7.14. The molecular weight excluding hydrogens is 396 g/mol. The minimum atomic E-state index is -0.239. The molecule has 3 heterocycles. The molecular formula is C23H22N4O2S. The molecule has 6 nitrogen and oxygen atoms in total. The predicted molar refractivity (Wildman–Crippen MR) is 120 cm³/mol. The van der Waals surface area contributed by atoms with Crippen LogP contribution in [0.5, 0.6) is 0 Å². The second kappa shape index (κ2) is 9.09. The molecule has 0 radical (unpaired) electrons. The summed E-state index contributed by atoms with van der Waals surface area (Å²) in [5.74, 6) is 0.731. The van der Waals surface area contributed by atoms with E-state index in [4.69, 9.17) is 4.42 Å². The van der Waals surface area contributed by atoms with Crippen molar-refractivity contribution in [1.82, 2.24) is 9.88 Å². The largest absolute Gasteiger partial charge is 0.467 e. The van der Waals surface area contributed by atoms with Gasteiger partial charge in [-0.25, -0.2) is 0 Å². The number of aromatic nitrogens is 1. The van der Waals surface area contributed by atoms with E-state index in [1.807, 2.05) is 24.3 Å². The van der Waals surface area contributed by atoms with Crippen molar-refractivity contribution in [3.05, 3.63) is 89.1 Å². The first-order chi connectivity index (χ1) is 14.6. The maximum Gasteiger partial charge on any atom is 0.242 e. The summed E-state index contributed by atoms with van der Waals surface area (Å²) in [4.78, 5) is 18.8. The lowest BCUT2D eigenvalue weighted by Gasteiger charge is -2.14. The van der Waals surface area contributed by atoms with Crippen LogP contribution in [0, 0.1) is 13.8 Å². The van der Waals surface area contributed by atoms with E-state index in [9.17, 15) is 4.79 Å². The number of carbonyl (C=O) groups is 1. The van der Waals surface area contributed by atoms with Crippen LogP contribution in [0.4, 0.5) is 0 Å². The standard InChI is InChI=1S/C23H22N4O2S/c1-16-5-6-19(12-17(16)2)13-21-22(28)27(15-20-4-3-11-29-20)23(30-21)26-25-14-18-7-9-24-10-8-18/h3-12,14,21H,13,15H2,1-2H3. The zero-order valence-corrected chi connectivity index (χ0v) is 17.7. The lowest BCUT2D eigenvalue weighted by molar-refractivity contribution is -0.126. The Bertz CT molecular complexity index is 1080. The van der Waals surface area contributed by atoms with Crippen molar-refractivity contribution in [2.24, 2.45) is 10.2 Å². The molecule has 3 aromatic rings. The summed E-state index contributed by atoms with van der Waals surface area (Å²) in [5, 5.41) is 8.88. The first-order valence-corrected chi connectivity index (χ1v) is 10.6. The number of thioether (sulfide) groups is 1. The smallest absolute Gasteiger partial charge is 0.242 e. The topological polar surface area (TPSA) is 71.1 Å². The number of nitrogens with zero attached hydrogens (tertiary/aromatic N) is 4. The monoisotopic (exact) mass is 418 g/mol. The Hall–Kier alpha value is -3.19.